The van der Waals surface area contributed by atoms with Crippen LogP contribution in [0, 0.1) is 0 Å². The Morgan fingerprint density at radius 1 is 0.323 bits per heavy atom. The smallest absolute Gasteiger partial charge is 0.243 e. The lowest BCUT2D eigenvalue weighted by Gasteiger charge is -2.22. The standard InChI is InChI=1S/C57H109N9O25S2/c1-75-12-13-79-20-21-83-26-27-85-30-31-87-34-35-89-38-39-91-41-40-90-37-36-88-33-32-86-29-28-84-25-23-80-17-14-76-9-5-50(67)60-7-3-2-4-47(64-54(71)44-63-53(70)43-62-52(69)42-58)57(74)66-49(46-93)56(73)61-8-11-78-16-19-82-24-22-81-18-15-77-10-6-51(68)65-48(45-92)55(59)72/h47-49,92-93H,2-46,58H2,1H3,(H2,59,72)(H,60,67)(H,61,73)(H,62,69)(H,63,70)(H,64,71)(H,65,68)(H,66,74)/t47-,48-,49-/m0/s1. The average molecular weight is 1380 g/mol. The van der Waals surface area contributed by atoms with Crippen molar-refractivity contribution in [3.63, 3.8) is 0 Å². The van der Waals surface area contributed by atoms with Gasteiger partial charge in [-0.2, -0.15) is 25.3 Å². The Labute approximate surface area is 557 Å². The highest BCUT2D eigenvalue weighted by Gasteiger charge is 2.26. The predicted octanol–water partition coefficient (Wildman–Crippen LogP) is -4.93. The van der Waals surface area contributed by atoms with Crippen molar-refractivity contribution in [2.45, 2.75) is 50.2 Å². The summed E-state index contributed by atoms with van der Waals surface area (Å²) in [6.45, 7) is 12.0. The molecule has 8 amide bonds. The fraction of sp³-hybridized carbons (Fsp3) is 0.860. The lowest BCUT2D eigenvalue weighted by atomic mass is 10.1. The number of unbranched alkanes of at least 4 members (excludes halogenated alkanes) is 1. The van der Waals surface area contributed by atoms with E-state index in [0.29, 0.717) is 171 Å². The third-order valence-electron chi connectivity index (χ3n) is 11.8. The van der Waals surface area contributed by atoms with Crippen LogP contribution in [0.25, 0.3) is 0 Å². The summed E-state index contributed by atoms with van der Waals surface area (Å²) in [5.74, 6) is -4.43. The quantitative estimate of drug-likeness (QED) is 0.0201. The highest BCUT2D eigenvalue weighted by molar-refractivity contribution is 7.80. The average Bonchev–Trinajstić information content (AvgIpc) is 1.86. The van der Waals surface area contributed by atoms with E-state index in [-0.39, 0.29) is 122 Å². The number of rotatable bonds is 72. The summed E-state index contributed by atoms with van der Waals surface area (Å²) in [6, 6.07) is -3.06. The van der Waals surface area contributed by atoms with Gasteiger partial charge in [0.05, 0.1) is 238 Å². The molecule has 11 N–H and O–H groups in total. The second-order valence-corrected chi connectivity index (χ2v) is 20.0. The van der Waals surface area contributed by atoms with Crippen LogP contribution >= 0.6 is 25.3 Å². The zero-order valence-corrected chi connectivity index (χ0v) is 56.1. The molecule has 0 radical (unpaired) electrons. The number of primary amides is 1. The number of ether oxygens (including phenoxy) is 17. The monoisotopic (exact) mass is 1380 g/mol. The Hall–Kier alpha value is -4.26. The first-order valence-electron chi connectivity index (χ1n) is 31.3. The maximum Gasteiger partial charge on any atom is 0.243 e. The van der Waals surface area contributed by atoms with Crippen LogP contribution in [-0.2, 0) is 119 Å². The minimum absolute atomic E-state index is 0.0505. The van der Waals surface area contributed by atoms with Gasteiger partial charge in [0, 0.05) is 44.5 Å². The fourth-order valence-electron chi connectivity index (χ4n) is 6.86. The number of hydrogen-bond acceptors (Lipinski definition) is 28. The zero-order chi connectivity index (χ0) is 68.1. The molecule has 36 heteroatoms. The van der Waals surface area contributed by atoms with E-state index in [1.54, 1.807) is 7.11 Å². The highest BCUT2D eigenvalue weighted by Crippen LogP contribution is 2.04. The van der Waals surface area contributed by atoms with Crippen LogP contribution in [0.15, 0.2) is 0 Å². The first-order valence-corrected chi connectivity index (χ1v) is 32.6. The van der Waals surface area contributed by atoms with Crippen molar-refractivity contribution in [2.75, 3.05) is 269 Å². The molecular weight excluding hydrogens is 1270 g/mol. The molecule has 0 aromatic rings. The van der Waals surface area contributed by atoms with E-state index < -0.39 is 66.7 Å². The summed E-state index contributed by atoms with van der Waals surface area (Å²) in [4.78, 5) is 98.3. The van der Waals surface area contributed by atoms with Crippen LogP contribution in [0.2, 0.25) is 0 Å². The third-order valence-corrected chi connectivity index (χ3v) is 12.5. The van der Waals surface area contributed by atoms with E-state index in [0.717, 1.165) is 0 Å². The van der Waals surface area contributed by atoms with Crippen molar-refractivity contribution < 1.29 is 119 Å². The van der Waals surface area contributed by atoms with Gasteiger partial charge in [0.2, 0.25) is 47.3 Å². The molecular formula is C57H109N9O25S2. The van der Waals surface area contributed by atoms with Crippen molar-refractivity contribution in [3.05, 3.63) is 0 Å². The van der Waals surface area contributed by atoms with Gasteiger partial charge in [-0.25, -0.2) is 0 Å². The van der Waals surface area contributed by atoms with Gasteiger partial charge in [-0.15, -0.1) is 0 Å². The Balaban J connectivity index is 4.09. The van der Waals surface area contributed by atoms with Gasteiger partial charge in [0.15, 0.2) is 0 Å². The molecule has 34 nitrogen and oxygen atoms in total. The van der Waals surface area contributed by atoms with E-state index in [1.165, 1.54) is 0 Å². The van der Waals surface area contributed by atoms with E-state index in [9.17, 15) is 38.4 Å². The van der Waals surface area contributed by atoms with Crippen molar-refractivity contribution in [2.24, 2.45) is 11.5 Å². The lowest BCUT2D eigenvalue weighted by molar-refractivity contribution is -0.132. The number of amides is 8. The molecule has 0 aromatic carbocycles. The molecule has 0 heterocycles. The van der Waals surface area contributed by atoms with Gasteiger partial charge in [-0.3, -0.25) is 38.4 Å². The molecule has 93 heavy (non-hydrogen) atoms. The molecule has 0 saturated carbocycles. The molecule has 0 aliphatic rings. The first-order chi connectivity index (χ1) is 45.4. The molecule has 544 valence electrons. The van der Waals surface area contributed by atoms with Gasteiger partial charge in [0.1, 0.15) is 18.1 Å². The van der Waals surface area contributed by atoms with Crippen LogP contribution in [-0.4, -0.2) is 335 Å². The Bertz CT molecular complexity index is 1860. The van der Waals surface area contributed by atoms with E-state index in [2.05, 4.69) is 62.5 Å². The van der Waals surface area contributed by atoms with Crippen molar-refractivity contribution in [3.8, 4) is 0 Å². The van der Waals surface area contributed by atoms with Gasteiger partial charge in [-0.1, -0.05) is 0 Å². The first kappa shape index (κ1) is 88.7. The van der Waals surface area contributed by atoms with E-state index in [4.69, 9.17) is 92.0 Å². The Morgan fingerprint density at radius 3 is 1.02 bits per heavy atom. The normalized spacial score (nSPS) is 12.2. The number of thiol groups is 2. The SMILES string of the molecule is COCCOCCOCCOCCOCCOCCOCCOCCOCCOCCOCCOCCOCCC(=O)NCCCC[C@H](NC(=O)CNC(=O)CNC(=O)CN)C(=O)N[C@@H](CS)C(=O)NCCOCCOCCOCCOCCC(=O)N[C@@H](CS)C(N)=O. The second kappa shape index (κ2) is 69.1. The topological polar surface area (TPSA) is 430 Å². The molecule has 0 fully saturated rings. The summed E-state index contributed by atoms with van der Waals surface area (Å²) in [6.07, 6.45) is 1.08. The summed E-state index contributed by atoms with van der Waals surface area (Å²) >= 11 is 8.21. The van der Waals surface area contributed by atoms with Crippen LogP contribution in [0.4, 0.5) is 0 Å². The van der Waals surface area contributed by atoms with Crippen LogP contribution in [0.3, 0.4) is 0 Å². The number of hydrogen-bond donors (Lipinski definition) is 11. The highest BCUT2D eigenvalue weighted by atomic mass is 32.1. The Kier molecular flexibility index (Phi) is 65.9. The van der Waals surface area contributed by atoms with Crippen molar-refractivity contribution in [1.82, 2.24) is 37.2 Å². The van der Waals surface area contributed by atoms with Crippen molar-refractivity contribution in [1.29, 1.82) is 0 Å². The largest absolute Gasteiger partial charge is 0.382 e. The van der Waals surface area contributed by atoms with Gasteiger partial charge < -0.3 is 129 Å². The van der Waals surface area contributed by atoms with Crippen molar-refractivity contribution >= 4 is 72.5 Å². The maximum atomic E-state index is 13.5. The van der Waals surface area contributed by atoms with Gasteiger partial charge in [0.25, 0.3) is 0 Å². The minimum Gasteiger partial charge on any atom is -0.382 e. The van der Waals surface area contributed by atoms with Crippen LogP contribution in [0.1, 0.15) is 32.1 Å². The molecule has 0 rings (SSSR count). The molecule has 0 aromatic heterocycles. The number of nitrogens with one attached hydrogen (secondary N) is 7. The van der Waals surface area contributed by atoms with E-state index >= 15 is 0 Å². The maximum absolute atomic E-state index is 13.5. The molecule has 3 atom stereocenters. The molecule has 0 aliphatic carbocycles. The molecule has 0 aliphatic heterocycles. The summed E-state index contributed by atoms with van der Waals surface area (Å²) in [5, 5.41) is 17.7. The predicted molar refractivity (Wildman–Crippen MR) is 342 cm³/mol. The van der Waals surface area contributed by atoms with Gasteiger partial charge >= 0.3 is 0 Å². The van der Waals surface area contributed by atoms with E-state index in [1.807, 2.05) is 0 Å². The fourth-order valence-corrected chi connectivity index (χ4v) is 7.39. The molecule has 0 bridgehead atoms. The molecule has 0 saturated heterocycles. The summed E-state index contributed by atoms with van der Waals surface area (Å²) in [7, 11) is 1.63. The van der Waals surface area contributed by atoms with Crippen LogP contribution in [0.5, 0.6) is 0 Å². The minimum atomic E-state index is -1.13. The van der Waals surface area contributed by atoms with Crippen LogP contribution < -0.4 is 48.7 Å². The second-order valence-electron chi connectivity index (χ2n) is 19.3. The number of carbonyl (C=O) groups is 8. The number of carbonyl (C=O) groups excluding carboxylic acids is 8. The summed E-state index contributed by atoms with van der Waals surface area (Å²) in [5.41, 5.74) is 10.4. The van der Waals surface area contributed by atoms with Gasteiger partial charge in [-0.05, 0) is 19.3 Å². The Morgan fingerprint density at radius 2 is 0.656 bits per heavy atom. The lowest BCUT2D eigenvalue weighted by Crippen LogP contribution is -2.55. The summed E-state index contributed by atoms with van der Waals surface area (Å²) < 4.78 is 92.4. The molecule has 0 unspecified atom stereocenters. The zero-order valence-electron chi connectivity index (χ0n) is 54.3. The number of nitrogens with two attached hydrogens (primary N) is 2. The third kappa shape index (κ3) is 62.3. The number of methoxy groups -OCH3 is 1. The molecule has 0 spiro atoms.